The molecule has 2 unspecified atom stereocenters. The maximum atomic E-state index is 12.0. The van der Waals surface area contributed by atoms with Crippen LogP contribution < -0.4 is 5.73 Å². The first-order valence-corrected chi connectivity index (χ1v) is 5.61. The van der Waals surface area contributed by atoms with E-state index in [9.17, 15) is 4.79 Å². The molecule has 0 saturated carbocycles. The van der Waals surface area contributed by atoms with E-state index in [1.54, 1.807) is 4.90 Å². The summed E-state index contributed by atoms with van der Waals surface area (Å²) < 4.78 is 5.51. The minimum absolute atomic E-state index is 0.0839. The lowest BCUT2D eigenvalue weighted by molar-refractivity contribution is -0.149. The quantitative estimate of drug-likeness (QED) is 0.751. The molecule has 1 heterocycles. The van der Waals surface area contributed by atoms with Crippen LogP contribution in [0.4, 0.5) is 0 Å². The number of nitrogens with two attached hydrogens (primary N) is 1. The predicted octanol–water partition coefficient (Wildman–Crippen LogP) is 0.751. The number of hydrogen-bond donors (Lipinski definition) is 1. The summed E-state index contributed by atoms with van der Waals surface area (Å²) >= 11 is 0. The normalized spacial score (nSPS) is 27.7. The van der Waals surface area contributed by atoms with E-state index < -0.39 is 5.60 Å². The summed E-state index contributed by atoms with van der Waals surface area (Å²) in [5, 5.41) is 0. The second-order valence-corrected chi connectivity index (χ2v) is 4.68. The van der Waals surface area contributed by atoms with Gasteiger partial charge in [-0.15, -0.1) is 0 Å². The lowest BCUT2D eigenvalue weighted by atomic mass is 10.0. The Labute approximate surface area is 91.8 Å². The van der Waals surface area contributed by atoms with E-state index in [1.807, 2.05) is 20.9 Å². The third-order valence-corrected chi connectivity index (χ3v) is 2.94. The van der Waals surface area contributed by atoms with E-state index in [4.69, 9.17) is 10.5 Å². The van der Waals surface area contributed by atoms with Gasteiger partial charge in [0, 0.05) is 26.2 Å². The van der Waals surface area contributed by atoms with Crippen molar-refractivity contribution in [1.82, 2.24) is 4.90 Å². The van der Waals surface area contributed by atoms with E-state index in [-0.39, 0.29) is 11.9 Å². The maximum Gasteiger partial charge on any atom is 0.254 e. The van der Waals surface area contributed by atoms with Gasteiger partial charge in [-0.1, -0.05) is 0 Å². The molecular formula is C11H22N2O2. The van der Waals surface area contributed by atoms with Crippen molar-refractivity contribution in [3.63, 3.8) is 0 Å². The van der Waals surface area contributed by atoms with Gasteiger partial charge in [-0.3, -0.25) is 4.79 Å². The fourth-order valence-electron chi connectivity index (χ4n) is 1.85. The first kappa shape index (κ1) is 12.5. The fourth-order valence-corrected chi connectivity index (χ4v) is 1.85. The van der Waals surface area contributed by atoms with E-state index in [0.717, 1.165) is 19.3 Å². The highest BCUT2D eigenvalue weighted by atomic mass is 16.5. The van der Waals surface area contributed by atoms with Crippen molar-refractivity contribution in [2.24, 2.45) is 5.73 Å². The largest absolute Gasteiger partial charge is 0.365 e. The molecular weight excluding hydrogens is 192 g/mol. The minimum atomic E-state index is -0.591. The highest BCUT2D eigenvalue weighted by molar-refractivity contribution is 5.84. The van der Waals surface area contributed by atoms with Gasteiger partial charge in [-0.05, 0) is 33.1 Å². The highest BCUT2D eigenvalue weighted by Gasteiger charge is 2.39. The molecule has 1 fully saturated rings. The smallest absolute Gasteiger partial charge is 0.254 e. The monoisotopic (exact) mass is 214 g/mol. The second-order valence-electron chi connectivity index (χ2n) is 4.68. The number of nitrogens with zero attached hydrogens (tertiary/aromatic N) is 1. The molecule has 0 aliphatic carbocycles. The number of ether oxygens (including phenoxy) is 1. The molecule has 0 aromatic carbocycles. The third kappa shape index (κ3) is 3.18. The lowest BCUT2D eigenvalue weighted by Gasteiger charge is -2.28. The van der Waals surface area contributed by atoms with E-state index in [0.29, 0.717) is 13.2 Å². The van der Waals surface area contributed by atoms with E-state index >= 15 is 0 Å². The summed E-state index contributed by atoms with van der Waals surface area (Å²) in [7, 11) is 1.82. The van der Waals surface area contributed by atoms with Crippen molar-refractivity contribution in [1.29, 1.82) is 0 Å². The van der Waals surface area contributed by atoms with Gasteiger partial charge in [-0.2, -0.15) is 0 Å². The van der Waals surface area contributed by atoms with Crippen molar-refractivity contribution in [2.45, 2.75) is 44.8 Å². The molecule has 0 radical (unpaired) electrons. The Hall–Kier alpha value is -0.610. The number of hydrogen-bond acceptors (Lipinski definition) is 3. The number of likely N-dealkylation sites (N-methyl/N-ethyl adjacent to an activating group) is 1. The van der Waals surface area contributed by atoms with Crippen LogP contribution in [-0.4, -0.2) is 42.6 Å². The molecule has 4 nitrogen and oxygen atoms in total. The molecule has 1 aliphatic rings. The van der Waals surface area contributed by atoms with Gasteiger partial charge in [0.1, 0.15) is 5.60 Å². The average molecular weight is 214 g/mol. The third-order valence-electron chi connectivity index (χ3n) is 2.94. The summed E-state index contributed by atoms with van der Waals surface area (Å²) in [6.45, 7) is 5.23. The molecule has 0 spiro atoms. The number of rotatable bonds is 4. The lowest BCUT2D eigenvalue weighted by Crippen LogP contribution is -2.45. The summed E-state index contributed by atoms with van der Waals surface area (Å²) in [6, 6.07) is 0.137. The van der Waals surface area contributed by atoms with Gasteiger partial charge in [-0.25, -0.2) is 0 Å². The van der Waals surface area contributed by atoms with Crippen LogP contribution in [-0.2, 0) is 9.53 Å². The Balaban J connectivity index is 2.44. The van der Waals surface area contributed by atoms with Crippen molar-refractivity contribution in [3.05, 3.63) is 0 Å². The topological polar surface area (TPSA) is 55.6 Å². The Morgan fingerprint density at radius 2 is 2.33 bits per heavy atom. The first-order chi connectivity index (χ1) is 6.96. The van der Waals surface area contributed by atoms with E-state index in [1.165, 1.54) is 0 Å². The highest BCUT2D eigenvalue weighted by Crippen LogP contribution is 2.26. The Morgan fingerprint density at radius 3 is 2.80 bits per heavy atom. The molecule has 0 aromatic heterocycles. The predicted molar refractivity (Wildman–Crippen MR) is 59.5 cm³/mol. The van der Waals surface area contributed by atoms with Crippen LogP contribution in [0.1, 0.15) is 33.1 Å². The van der Waals surface area contributed by atoms with Crippen molar-refractivity contribution in [3.8, 4) is 0 Å². The number of amides is 1. The van der Waals surface area contributed by atoms with Gasteiger partial charge in [0.05, 0.1) is 0 Å². The van der Waals surface area contributed by atoms with Gasteiger partial charge in [0.15, 0.2) is 0 Å². The van der Waals surface area contributed by atoms with Crippen molar-refractivity contribution in [2.75, 3.05) is 20.2 Å². The molecule has 0 aromatic rings. The summed E-state index contributed by atoms with van der Waals surface area (Å²) in [6.07, 6.45) is 2.63. The number of carbonyl (C=O) groups is 1. The van der Waals surface area contributed by atoms with Crippen LogP contribution in [0.15, 0.2) is 0 Å². The average Bonchev–Trinajstić information content (AvgIpc) is 2.61. The molecule has 88 valence electrons. The van der Waals surface area contributed by atoms with Crippen LogP contribution in [0, 0.1) is 0 Å². The SMILES string of the molecule is CC(N)CCN(C)C(=O)C1(C)CCCO1. The zero-order valence-electron chi connectivity index (χ0n) is 9.95. The maximum absolute atomic E-state index is 12.0. The molecule has 4 heteroatoms. The Kier molecular flexibility index (Phi) is 4.11. The minimum Gasteiger partial charge on any atom is -0.365 e. The molecule has 1 saturated heterocycles. The molecule has 2 atom stereocenters. The Bertz CT molecular complexity index is 223. The zero-order chi connectivity index (χ0) is 11.5. The van der Waals surface area contributed by atoms with Crippen LogP contribution in [0.2, 0.25) is 0 Å². The zero-order valence-corrected chi connectivity index (χ0v) is 9.95. The first-order valence-electron chi connectivity index (χ1n) is 5.61. The molecule has 1 amide bonds. The van der Waals surface area contributed by atoms with Gasteiger partial charge < -0.3 is 15.4 Å². The van der Waals surface area contributed by atoms with Crippen molar-refractivity contribution >= 4 is 5.91 Å². The van der Waals surface area contributed by atoms with Crippen molar-refractivity contribution < 1.29 is 9.53 Å². The standard InChI is InChI=1S/C11H22N2O2/c1-9(12)5-7-13(3)10(14)11(2)6-4-8-15-11/h9H,4-8,12H2,1-3H3. The summed E-state index contributed by atoms with van der Waals surface area (Å²) in [5.41, 5.74) is 5.07. The molecule has 0 bridgehead atoms. The molecule has 1 rings (SSSR count). The number of carbonyl (C=O) groups excluding carboxylic acids is 1. The molecule has 2 N–H and O–H groups in total. The van der Waals surface area contributed by atoms with Gasteiger partial charge >= 0.3 is 0 Å². The van der Waals surface area contributed by atoms with Crippen LogP contribution in [0.3, 0.4) is 0 Å². The van der Waals surface area contributed by atoms with Gasteiger partial charge in [0.2, 0.25) is 0 Å². The van der Waals surface area contributed by atoms with Crippen LogP contribution in [0.5, 0.6) is 0 Å². The Morgan fingerprint density at radius 1 is 1.67 bits per heavy atom. The molecule has 1 aliphatic heterocycles. The fraction of sp³-hybridized carbons (Fsp3) is 0.909. The van der Waals surface area contributed by atoms with Gasteiger partial charge in [0.25, 0.3) is 5.91 Å². The summed E-state index contributed by atoms with van der Waals surface area (Å²) in [4.78, 5) is 13.8. The molecule has 15 heavy (non-hydrogen) atoms. The summed E-state index contributed by atoms with van der Waals surface area (Å²) in [5.74, 6) is 0.0839. The van der Waals surface area contributed by atoms with E-state index in [2.05, 4.69) is 0 Å². The van der Waals surface area contributed by atoms with Crippen LogP contribution in [0.25, 0.3) is 0 Å². The second kappa shape index (κ2) is 4.94. The van der Waals surface area contributed by atoms with Crippen LogP contribution >= 0.6 is 0 Å².